The Kier molecular flexibility index (Phi) is 6.39. The van der Waals surface area contributed by atoms with Crippen molar-refractivity contribution in [3.63, 3.8) is 0 Å². The molecule has 7 nitrogen and oxygen atoms in total. The molecule has 0 unspecified atom stereocenters. The van der Waals surface area contributed by atoms with Crippen LogP contribution in [0.3, 0.4) is 0 Å². The third-order valence-electron chi connectivity index (χ3n) is 4.73. The summed E-state index contributed by atoms with van der Waals surface area (Å²) in [7, 11) is 0. The van der Waals surface area contributed by atoms with Gasteiger partial charge < -0.3 is 10.6 Å². The highest BCUT2D eigenvalue weighted by molar-refractivity contribution is 5.95. The number of carbonyl (C=O) groups is 2. The van der Waals surface area contributed by atoms with Crippen LogP contribution in [0.2, 0.25) is 0 Å². The summed E-state index contributed by atoms with van der Waals surface area (Å²) in [6.07, 6.45) is 2.20. The maximum absolute atomic E-state index is 12.4. The lowest BCUT2D eigenvalue weighted by molar-refractivity contribution is -0.124. The van der Waals surface area contributed by atoms with Crippen LogP contribution in [0.25, 0.3) is 10.9 Å². The lowest BCUT2D eigenvalue weighted by Crippen LogP contribution is -2.33. The van der Waals surface area contributed by atoms with Gasteiger partial charge in [0.1, 0.15) is 0 Å². The molecule has 0 atom stereocenters. The molecule has 3 aromatic rings. The van der Waals surface area contributed by atoms with E-state index in [-0.39, 0.29) is 30.3 Å². The summed E-state index contributed by atoms with van der Waals surface area (Å²) in [5.74, 6) is -0.505. The molecule has 0 fully saturated rings. The maximum Gasteiger partial charge on any atom is 0.261 e. The van der Waals surface area contributed by atoms with Gasteiger partial charge in [-0.1, -0.05) is 30.3 Å². The lowest BCUT2D eigenvalue weighted by Gasteiger charge is -2.12. The molecule has 0 aliphatic rings. The van der Waals surface area contributed by atoms with Crippen molar-refractivity contribution >= 4 is 28.4 Å². The topological polar surface area (TPSA) is 93.1 Å². The summed E-state index contributed by atoms with van der Waals surface area (Å²) in [4.78, 5) is 40.8. The SMILES string of the molecule is Cc1cccc(C)c1NC(=O)CNC(=O)CCCn1cnc2ccccc2c1=O. The normalized spacial score (nSPS) is 10.7. The van der Waals surface area contributed by atoms with Gasteiger partial charge in [0.2, 0.25) is 11.8 Å². The zero-order valence-electron chi connectivity index (χ0n) is 16.6. The number of fused-ring (bicyclic) bond motifs is 1. The van der Waals surface area contributed by atoms with E-state index in [0.717, 1.165) is 16.8 Å². The number of aromatic nitrogens is 2. The minimum Gasteiger partial charge on any atom is -0.347 e. The van der Waals surface area contributed by atoms with E-state index in [1.807, 2.05) is 38.1 Å². The summed E-state index contributed by atoms with van der Waals surface area (Å²) in [5.41, 5.74) is 3.25. The molecule has 0 saturated heterocycles. The molecule has 1 heterocycles. The van der Waals surface area contributed by atoms with Crippen molar-refractivity contribution in [3.8, 4) is 0 Å². The Morgan fingerprint density at radius 3 is 2.48 bits per heavy atom. The number of hydrogen-bond donors (Lipinski definition) is 2. The average Bonchev–Trinajstić information content (AvgIpc) is 2.71. The second-order valence-electron chi connectivity index (χ2n) is 6.96. The Bertz CT molecular complexity index is 1080. The van der Waals surface area contributed by atoms with E-state index >= 15 is 0 Å². The molecule has 3 rings (SSSR count). The van der Waals surface area contributed by atoms with Crippen LogP contribution in [-0.4, -0.2) is 27.9 Å². The summed E-state index contributed by atoms with van der Waals surface area (Å²) in [6.45, 7) is 4.14. The molecular formula is C22H24N4O3. The quantitative estimate of drug-likeness (QED) is 0.646. The molecule has 2 aromatic carbocycles. The van der Waals surface area contributed by atoms with Crippen molar-refractivity contribution in [2.45, 2.75) is 33.2 Å². The van der Waals surface area contributed by atoms with E-state index in [1.54, 1.807) is 18.2 Å². The number of hydrogen-bond acceptors (Lipinski definition) is 4. The van der Waals surface area contributed by atoms with Crippen LogP contribution in [0, 0.1) is 13.8 Å². The Balaban J connectivity index is 1.46. The Hall–Kier alpha value is -3.48. The first-order chi connectivity index (χ1) is 14.0. The average molecular weight is 392 g/mol. The standard InChI is InChI=1S/C22H24N4O3/c1-15-7-5-8-16(2)21(15)25-20(28)13-23-19(27)11-6-12-26-14-24-18-10-4-3-9-17(18)22(26)29/h3-5,7-10,14H,6,11-13H2,1-2H3,(H,23,27)(H,25,28). The molecule has 2 N–H and O–H groups in total. The number of aryl methyl sites for hydroxylation is 3. The highest BCUT2D eigenvalue weighted by Crippen LogP contribution is 2.18. The van der Waals surface area contributed by atoms with Gasteiger partial charge in [-0.2, -0.15) is 0 Å². The van der Waals surface area contributed by atoms with Crippen molar-refractivity contribution < 1.29 is 9.59 Å². The van der Waals surface area contributed by atoms with E-state index in [0.29, 0.717) is 23.9 Å². The van der Waals surface area contributed by atoms with Crippen LogP contribution < -0.4 is 16.2 Å². The van der Waals surface area contributed by atoms with E-state index in [9.17, 15) is 14.4 Å². The number of amides is 2. The first-order valence-electron chi connectivity index (χ1n) is 9.52. The third-order valence-corrected chi connectivity index (χ3v) is 4.73. The minimum atomic E-state index is -0.273. The number of rotatable bonds is 7. The lowest BCUT2D eigenvalue weighted by atomic mass is 10.1. The summed E-state index contributed by atoms with van der Waals surface area (Å²) in [5, 5.41) is 6.01. The van der Waals surface area contributed by atoms with Gasteiger partial charge in [-0.25, -0.2) is 4.98 Å². The monoisotopic (exact) mass is 392 g/mol. The second-order valence-corrected chi connectivity index (χ2v) is 6.96. The Morgan fingerprint density at radius 2 is 1.72 bits per heavy atom. The van der Waals surface area contributed by atoms with Crippen molar-refractivity contribution in [3.05, 3.63) is 70.3 Å². The third kappa shape index (κ3) is 5.07. The fourth-order valence-corrected chi connectivity index (χ4v) is 3.14. The van der Waals surface area contributed by atoms with Crippen molar-refractivity contribution in [1.82, 2.24) is 14.9 Å². The van der Waals surface area contributed by atoms with Crippen LogP contribution in [-0.2, 0) is 16.1 Å². The van der Waals surface area contributed by atoms with Crippen molar-refractivity contribution in [1.29, 1.82) is 0 Å². The van der Waals surface area contributed by atoms with E-state index in [2.05, 4.69) is 15.6 Å². The summed E-state index contributed by atoms with van der Waals surface area (Å²) < 4.78 is 1.50. The molecule has 2 amide bonds. The van der Waals surface area contributed by atoms with Crippen LogP contribution in [0.4, 0.5) is 5.69 Å². The second kappa shape index (κ2) is 9.14. The Morgan fingerprint density at radius 1 is 1.00 bits per heavy atom. The van der Waals surface area contributed by atoms with Gasteiger partial charge in [0, 0.05) is 18.7 Å². The number of nitrogens with one attached hydrogen (secondary N) is 2. The molecule has 0 spiro atoms. The molecule has 0 aliphatic carbocycles. The molecule has 7 heteroatoms. The van der Waals surface area contributed by atoms with Gasteiger partial charge in [-0.3, -0.25) is 19.0 Å². The number of para-hydroxylation sites is 2. The van der Waals surface area contributed by atoms with Crippen LogP contribution >= 0.6 is 0 Å². The molecule has 0 aliphatic heterocycles. The maximum atomic E-state index is 12.4. The molecular weight excluding hydrogens is 368 g/mol. The first kappa shape index (κ1) is 20.3. The zero-order valence-corrected chi connectivity index (χ0v) is 16.6. The molecule has 0 radical (unpaired) electrons. The predicted octanol–water partition coefficient (Wildman–Crippen LogP) is 2.55. The van der Waals surface area contributed by atoms with Gasteiger partial charge in [-0.05, 0) is 43.5 Å². The zero-order chi connectivity index (χ0) is 20.8. The molecule has 0 saturated carbocycles. The fourth-order valence-electron chi connectivity index (χ4n) is 3.14. The molecule has 150 valence electrons. The highest BCUT2D eigenvalue weighted by atomic mass is 16.2. The fraction of sp³-hybridized carbons (Fsp3) is 0.273. The van der Waals surface area contributed by atoms with Gasteiger partial charge >= 0.3 is 0 Å². The van der Waals surface area contributed by atoms with Crippen LogP contribution in [0.5, 0.6) is 0 Å². The number of anilines is 1. The van der Waals surface area contributed by atoms with Crippen LogP contribution in [0.15, 0.2) is 53.6 Å². The number of nitrogens with zero attached hydrogens (tertiary/aromatic N) is 2. The largest absolute Gasteiger partial charge is 0.347 e. The minimum absolute atomic E-state index is 0.0932. The van der Waals surface area contributed by atoms with E-state index < -0.39 is 0 Å². The number of benzene rings is 2. The van der Waals surface area contributed by atoms with E-state index in [4.69, 9.17) is 0 Å². The smallest absolute Gasteiger partial charge is 0.261 e. The molecule has 0 bridgehead atoms. The van der Waals surface area contributed by atoms with Crippen LogP contribution in [0.1, 0.15) is 24.0 Å². The van der Waals surface area contributed by atoms with Crippen molar-refractivity contribution in [2.24, 2.45) is 0 Å². The number of carbonyl (C=O) groups excluding carboxylic acids is 2. The van der Waals surface area contributed by atoms with E-state index in [1.165, 1.54) is 10.9 Å². The van der Waals surface area contributed by atoms with Gasteiger partial charge in [0.15, 0.2) is 0 Å². The summed E-state index contributed by atoms with van der Waals surface area (Å²) >= 11 is 0. The molecule has 1 aromatic heterocycles. The van der Waals surface area contributed by atoms with Gasteiger partial charge in [-0.15, -0.1) is 0 Å². The molecule has 29 heavy (non-hydrogen) atoms. The first-order valence-corrected chi connectivity index (χ1v) is 9.52. The van der Waals surface area contributed by atoms with Gasteiger partial charge in [0.25, 0.3) is 5.56 Å². The van der Waals surface area contributed by atoms with Crippen molar-refractivity contribution in [2.75, 3.05) is 11.9 Å². The highest BCUT2D eigenvalue weighted by Gasteiger charge is 2.09. The van der Waals surface area contributed by atoms with Gasteiger partial charge in [0.05, 0.1) is 23.8 Å². The summed E-state index contributed by atoms with van der Waals surface area (Å²) in [6, 6.07) is 12.9. The predicted molar refractivity (Wildman–Crippen MR) is 113 cm³/mol. The Labute approximate surface area is 168 Å².